The predicted molar refractivity (Wildman–Crippen MR) is 169 cm³/mol. The first kappa shape index (κ1) is 29.9. The van der Waals surface area contributed by atoms with Crippen molar-refractivity contribution in [3.8, 4) is 0 Å². The average Bonchev–Trinajstić information content (AvgIpc) is 2.92. The van der Waals surface area contributed by atoms with Crippen LogP contribution in [0.25, 0.3) is 23.1 Å². The summed E-state index contributed by atoms with van der Waals surface area (Å²) in [5.74, 6) is -0.539. The second-order valence-electron chi connectivity index (χ2n) is 10.8. The first-order chi connectivity index (χ1) is 19.1. The molecule has 2 N–H and O–H groups in total. The van der Waals surface area contributed by atoms with Gasteiger partial charge in [0, 0.05) is 15.7 Å². The molecule has 2 atom stereocenters. The number of nitrogens with zero attached hydrogens (tertiary/aromatic N) is 1. The molecule has 0 spiro atoms. The Hall–Kier alpha value is -3.12. The average molecular weight is 574 g/mol. The molecule has 0 saturated heterocycles. The van der Waals surface area contributed by atoms with Crippen molar-refractivity contribution >= 4 is 52.4 Å². The predicted octanol–water partition coefficient (Wildman–Crippen LogP) is 8.81. The number of aliphatic carboxylic acids is 1. The number of aliphatic hydroxyl groups is 1. The van der Waals surface area contributed by atoms with E-state index in [1.165, 1.54) is 5.56 Å². The van der Waals surface area contributed by atoms with Crippen LogP contribution in [0.4, 0.5) is 0 Å². The van der Waals surface area contributed by atoms with Gasteiger partial charge < -0.3 is 10.2 Å². The lowest BCUT2D eigenvalue weighted by Gasteiger charge is -2.22. The van der Waals surface area contributed by atoms with Crippen LogP contribution in [-0.4, -0.2) is 32.5 Å². The van der Waals surface area contributed by atoms with Gasteiger partial charge in [-0.15, -0.1) is 0 Å². The van der Waals surface area contributed by atoms with Crippen LogP contribution in [0.5, 0.6) is 0 Å². The lowest BCUT2D eigenvalue weighted by Crippen LogP contribution is -2.19. The lowest BCUT2D eigenvalue weighted by atomic mass is 9.92. The Balaban J connectivity index is 1.55. The second kappa shape index (κ2) is 13.5. The highest BCUT2D eigenvalue weighted by atomic mass is 35.5. The molecule has 0 radical (unpaired) electrons. The summed E-state index contributed by atoms with van der Waals surface area (Å²) in [6.07, 6.45) is 6.42. The largest absolute Gasteiger partial charge is 0.481 e. The summed E-state index contributed by atoms with van der Waals surface area (Å²) in [6.45, 7) is 5.42. The van der Waals surface area contributed by atoms with Gasteiger partial charge in [0.15, 0.2) is 0 Å². The molecule has 0 fully saturated rings. The molecule has 0 amide bonds. The summed E-state index contributed by atoms with van der Waals surface area (Å²) in [7, 11) is 0. The molecule has 6 heteroatoms. The summed E-state index contributed by atoms with van der Waals surface area (Å²) >= 11 is 8.00. The molecule has 40 heavy (non-hydrogen) atoms. The number of pyridine rings is 1. The number of halogens is 1. The van der Waals surface area contributed by atoms with Crippen molar-refractivity contribution in [1.82, 2.24) is 4.98 Å². The molecule has 0 aliphatic heterocycles. The number of rotatable bonds is 12. The fourth-order valence-electron chi connectivity index (χ4n) is 4.64. The lowest BCUT2D eigenvalue weighted by molar-refractivity contribution is -0.138. The Kier molecular flexibility index (Phi) is 10.1. The maximum atomic E-state index is 11.7. The van der Waals surface area contributed by atoms with Gasteiger partial charge in [0.2, 0.25) is 0 Å². The van der Waals surface area contributed by atoms with Crippen LogP contribution in [0.2, 0.25) is 5.02 Å². The Morgan fingerprint density at radius 2 is 1.80 bits per heavy atom. The van der Waals surface area contributed by atoms with Gasteiger partial charge in [-0.3, -0.25) is 4.79 Å². The normalized spacial score (nSPS) is 13.5. The molecule has 0 aliphatic carbocycles. The number of hydrogen-bond acceptors (Lipinski definition) is 4. The van der Waals surface area contributed by atoms with Crippen molar-refractivity contribution in [2.45, 2.75) is 56.8 Å². The third-order valence-electron chi connectivity index (χ3n) is 7.01. The Labute approximate surface area is 246 Å². The van der Waals surface area contributed by atoms with E-state index in [0.29, 0.717) is 11.4 Å². The Bertz CT molecular complexity index is 1490. The number of aryl methyl sites for hydroxylation is 1. The highest BCUT2D eigenvalue weighted by molar-refractivity contribution is 7.99. The van der Waals surface area contributed by atoms with Gasteiger partial charge in [-0.25, -0.2) is 4.98 Å². The van der Waals surface area contributed by atoms with Crippen LogP contribution in [0.3, 0.4) is 0 Å². The maximum Gasteiger partial charge on any atom is 0.310 e. The van der Waals surface area contributed by atoms with Crippen molar-refractivity contribution in [3.63, 3.8) is 0 Å². The molecule has 1 unspecified atom stereocenters. The van der Waals surface area contributed by atoms with E-state index in [9.17, 15) is 15.0 Å². The number of carboxylic acids is 1. The minimum Gasteiger partial charge on any atom is -0.481 e. The molecule has 0 bridgehead atoms. The van der Waals surface area contributed by atoms with Gasteiger partial charge in [0.25, 0.3) is 0 Å². The van der Waals surface area contributed by atoms with Crippen LogP contribution in [-0.2, 0) is 11.2 Å². The minimum atomic E-state index is -0.813. The van der Waals surface area contributed by atoms with Crippen LogP contribution in [0, 0.1) is 0 Å². The van der Waals surface area contributed by atoms with Gasteiger partial charge in [-0.05, 0) is 92.3 Å². The number of fused-ring (bicyclic) bond motifs is 1. The van der Waals surface area contributed by atoms with Crippen molar-refractivity contribution in [2.75, 3.05) is 5.75 Å². The van der Waals surface area contributed by atoms with Gasteiger partial charge in [-0.1, -0.05) is 78.3 Å². The molecule has 4 rings (SSSR count). The first-order valence-corrected chi connectivity index (χ1v) is 15.0. The molecule has 1 aromatic heterocycles. The van der Waals surface area contributed by atoms with E-state index in [1.54, 1.807) is 6.92 Å². The molecule has 0 saturated carbocycles. The van der Waals surface area contributed by atoms with E-state index in [2.05, 4.69) is 30.3 Å². The van der Waals surface area contributed by atoms with Crippen molar-refractivity contribution in [2.24, 2.45) is 0 Å². The zero-order chi connectivity index (χ0) is 28.7. The first-order valence-electron chi connectivity index (χ1n) is 13.6. The van der Waals surface area contributed by atoms with Crippen molar-refractivity contribution < 1.29 is 15.0 Å². The molecule has 1 heterocycles. The summed E-state index contributed by atoms with van der Waals surface area (Å²) < 4.78 is 0. The SMILES string of the molecule is CC(C(=O)O)c1ccccc1CC[C@H](SCCC(C)(C)O)c1cccc(C=Cc2ccc3ccc(Cl)cc3n2)c1. The van der Waals surface area contributed by atoms with Gasteiger partial charge in [0.1, 0.15) is 0 Å². The zero-order valence-corrected chi connectivity index (χ0v) is 24.8. The third-order valence-corrected chi connectivity index (χ3v) is 8.59. The number of hydrogen-bond donors (Lipinski definition) is 2. The van der Waals surface area contributed by atoms with Crippen LogP contribution in [0.15, 0.2) is 78.9 Å². The van der Waals surface area contributed by atoms with Crippen LogP contribution < -0.4 is 0 Å². The second-order valence-corrected chi connectivity index (χ2v) is 12.5. The Morgan fingerprint density at radius 1 is 1.02 bits per heavy atom. The van der Waals surface area contributed by atoms with E-state index >= 15 is 0 Å². The minimum absolute atomic E-state index is 0.199. The monoisotopic (exact) mass is 573 g/mol. The molecule has 0 aliphatic rings. The van der Waals surface area contributed by atoms with Gasteiger partial charge in [-0.2, -0.15) is 11.8 Å². The zero-order valence-electron chi connectivity index (χ0n) is 23.2. The summed E-state index contributed by atoms with van der Waals surface area (Å²) in [5.41, 5.74) is 5.25. The fourth-order valence-corrected chi connectivity index (χ4v) is 6.34. The summed E-state index contributed by atoms with van der Waals surface area (Å²) in [6, 6.07) is 26.1. The summed E-state index contributed by atoms with van der Waals surface area (Å²) in [4.78, 5) is 16.4. The van der Waals surface area contributed by atoms with Gasteiger partial charge in [0.05, 0.1) is 22.7 Å². The molecule has 4 nitrogen and oxygen atoms in total. The van der Waals surface area contributed by atoms with E-state index in [-0.39, 0.29) is 5.25 Å². The van der Waals surface area contributed by atoms with E-state index in [1.807, 2.05) is 86.3 Å². The summed E-state index contributed by atoms with van der Waals surface area (Å²) in [5, 5.41) is 21.8. The smallest absolute Gasteiger partial charge is 0.310 e. The highest BCUT2D eigenvalue weighted by Gasteiger charge is 2.20. The fraction of sp³-hybridized carbons (Fsp3) is 0.294. The number of benzene rings is 3. The van der Waals surface area contributed by atoms with Gasteiger partial charge >= 0.3 is 5.97 Å². The third kappa shape index (κ3) is 8.44. The van der Waals surface area contributed by atoms with Crippen LogP contribution in [0.1, 0.15) is 72.7 Å². The Morgan fingerprint density at radius 3 is 2.58 bits per heavy atom. The molecular formula is C34H36ClNO3S. The van der Waals surface area contributed by atoms with Crippen molar-refractivity contribution in [3.05, 3.63) is 112 Å². The number of carboxylic acid groups (broad SMARTS) is 1. The van der Waals surface area contributed by atoms with Crippen molar-refractivity contribution in [1.29, 1.82) is 0 Å². The molecule has 4 aromatic rings. The maximum absolute atomic E-state index is 11.7. The molecule has 3 aromatic carbocycles. The van der Waals surface area contributed by atoms with Crippen LogP contribution >= 0.6 is 23.4 Å². The highest BCUT2D eigenvalue weighted by Crippen LogP contribution is 2.36. The van der Waals surface area contributed by atoms with E-state index in [0.717, 1.165) is 51.9 Å². The van der Waals surface area contributed by atoms with E-state index in [4.69, 9.17) is 16.6 Å². The number of carbonyl (C=O) groups is 1. The topological polar surface area (TPSA) is 70.4 Å². The number of aromatic nitrogens is 1. The molecular weight excluding hydrogens is 538 g/mol. The standard InChI is InChI=1S/C34H36ClNO3S/c1-23(33(37)38)30-10-5-4-8-25(30)14-18-32(40-20-19-34(2,3)39)27-9-6-7-24(21-27)11-16-29-17-13-26-12-15-28(35)22-31(26)36-29/h4-13,15-17,21-23,32,39H,14,18-20H2,1-3H3,(H,37,38)/t23?,32-/m0/s1. The molecule has 208 valence electrons. The van der Waals surface area contributed by atoms with E-state index < -0.39 is 17.5 Å². The number of thioether (sulfide) groups is 1. The quantitative estimate of drug-likeness (QED) is 0.177.